The molecule has 1 saturated heterocycles. The molecule has 0 unspecified atom stereocenters. The van der Waals surface area contributed by atoms with E-state index < -0.39 is 48.6 Å². The van der Waals surface area contributed by atoms with Gasteiger partial charge in [-0.15, -0.1) is 0 Å². The Bertz CT molecular complexity index is 1120. The van der Waals surface area contributed by atoms with Crippen molar-refractivity contribution in [2.45, 2.75) is 37.1 Å². The molecule has 4 rings (SSSR count). The van der Waals surface area contributed by atoms with Crippen LogP contribution in [-0.2, 0) is 4.79 Å². The highest BCUT2D eigenvalue weighted by atomic mass is 19.3. The van der Waals surface area contributed by atoms with E-state index >= 15 is 0 Å². The number of imide groups is 1. The Morgan fingerprint density at radius 3 is 2.50 bits per heavy atom. The van der Waals surface area contributed by atoms with Crippen LogP contribution in [0.4, 0.5) is 13.6 Å². The van der Waals surface area contributed by atoms with E-state index in [2.05, 4.69) is 10.3 Å². The molecule has 3 amide bonds. The molecule has 1 N–H and O–H groups in total. The second-order valence-electron chi connectivity index (χ2n) is 7.78. The number of nitrogens with one attached hydrogen (secondary N) is 1. The van der Waals surface area contributed by atoms with Gasteiger partial charge in [-0.1, -0.05) is 0 Å². The van der Waals surface area contributed by atoms with E-state index in [9.17, 15) is 23.2 Å². The fraction of sp³-hybridized carbons (Fsp3) is 0.318. The number of rotatable bonds is 5. The van der Waals surface area contributed by atoms with Crippen LogP contribution in [0, 0.1) is 11.3 Å². The Kier molecular flexibility index (Phi) is 5.34. The SMILES string of the molecule is N#Cc1cccnc1Oc1ccc(C(=O)CN2C(=O)NC3(CCC(F)(F)CC3)C2=O)cc1. The average molecular weight is 440 g/mol. The number of carbonyl (C=O) groups is 3. The highest BCUT2D eigenvalue weighted by Gasteiger charge is 2.55. The minimum atomic E-state index is -2.85. The number of hydrogen-bond acceptors (Lipinski definition) is 6. The van der Waals surface area contributed by atoms with Gasteiger partial charge >= 0.3 is 6.03 Å². The van der Waals surface area contributed by atoms with Crippen molar-refractivity contribution in [3.63, 3.8) is 0 Å². The van der Waals surface area contributed by atoms with Crippen LogP contribution in [0.25, 0.3) is 0 Å². The summed E-state index contributed by atoms with van der Waals surface area (Å²) in [5.74, 6) is -3.53. The Hall–Kier alpha value is -3.87. The first-order chi connectivity index (χ1) is 15.2. The van der Waals surface area contributed by atoms with Crippen molar-refractivity contribution < 1.29 is 27.9 Å². The lowest BCUT2D eigenvalue weighted by Gasteiger charge is -2.34. The summed E-state index contributed by atoms with van der Waals surface area (Å²) in [4.78, 5) is 42.5. The molecule has 8 nitrogen and oxygen atoms in total. The highest BCUT2D eigenvalue weighted by molar-refractivity contribution is 6.11. The summed E-state index contributed by atoms with van der Waals surface area (Å²) in [6.07, 6.45) is 0.156. The second-order valence-corrected chi connectivity index (χ2v) is 7.78. The van der Waals surface area contributed by atoms with Crippen molar-refractivity contribution in [2.75, 3.05) is 6.54 Å². The van der Waals surface area contributed by atoms with Crippen LogP contribution < -0.4 is 10.1 Å². The van der Waals surface area contributed by atoms with Gasteiger partial charge in [0.05, 0.1) is 6.54 Å². The van der Waals surface area contributed by atoms with Crippen molar-refractivity contribution >= 4 is 17.7 Å². The molecule has 1 aromatic carbocycles. The number of nitrogens with zero attached hydrogens (tertiary/aromatic N) is 3. The van der Waals surface area contributed by atoms with Crippen LogP contribution in [0.15, 0.2) is 42.6 Å². The smallest absolute Gasteiger partial charge is 0.325 e. The molecule has 1 aliphatic heterocycles. The van der Waals surface area contributed by atoms with Crippen LogP contribution in [-0.4, -0.2) is 45.6 Å². The molecule has 2 aliphatic rings. The number of carbonyl (C=O) groups excluding carboxylic acids is 3. The van der Waals surface area contributed by atoms with E-state index in [1.54, 1.807) is 12.1 Å². The zero-order valence-corrected chi connectivity index (χ0v) is 16.8. The minimum absolute atomic E-state index is 0.122. The average Bonchev–Trinajstić information content (AvgIpc) is 3.01. The highest BCUT2D eigenvalue weighted by Crippen LogP contribution is 2.41. The first-order valence-corrected chi connectivity index (χ1v) is 9.91. The topological polar surface area (TPSA) is 112 Å². The molecule has 0 bridgehead atoms. The van der Waals surface area contributed by atoms with Gasteiger partial charge in [-0.2, -0.15) is 5.26 Å². The van der Waals surface area contributed by atoms with E-state index in [4.69, 9.17) is 10.00 Å². The molecule has 10 heteroatoms. The maximum atomic E-state index is 13.5. The van der Waals surface area contributed by atoms with Gasteiger partial charge in [0.25, 0.3) is 5.91 Å². The molecular formula is C22H18F2N4O4. The first kappa shape index (κ1) is 21.4. The van der Waals surface area contributed by atoms with E-state index in [-0.39, 0.29) is 29.8 Å². The lowest BCUT2D eigenvalue weighted by atomic mass is 9.80. The number of aromatic nitrogens is 1. The van der Waals surface area contributed by atoms with Gasteiger partial charge in [-0.05, 0) is 49.2 Å². The zero-order valence-electron chi connectivity index (χ0n) is 16.8. The largest absolute Gasteiger partial charge is 0.438 e. The van der Waals surface area contributed by atoms with E-state index in [1.165, 1.54) is 30.5 Å². The number of nitriles is 1. The molecule has 164 valence electrons. The zero-order chi connectivity index (χ0) is 22.9. The Morgan fingerprint density at radius 1 is 1.16 bits per heavy atom. The van der Waals surface area contributed by atoms with Crippen molar-refractivity contribution in [1.82, 2.24) is 15.2 Å². The molecule has 1 spiro atoms. The number of pyridine rings is 1. The number of ketones is 1. The van der Waals surface area contributed by atoms with Crippen LogP contribution in [0.2, 0.25) is 0 Å². The standard InChI is InChI=1S/C22H18F2N4O4/c23-22(24)9-7-21(8-10-22)19(30)28(20(31)27-21)13-17(29)14-3-5-16(6-4-14)32-18-15(12-25)2-1-11-26-18/h1-6,11H,7-10,13H2,(H,27,31). The Balaban J connectivity index is 1.42. The normalized spacial score (nSPS) is 18.8. The van der Waals surface area contributed by atoms with Gasteiger partial charge in [0, 0.05) is 24.6 Å². The predicted octanol–water partition coefficient (Wildman–Crippen LogP) is 3.43. The lowest BCUT2D eigenvalue weighted by molar-refractivity contribution is -0.135. The van der Waals surface area contributed by atoms with Crippen LogP contribution >= 0.6 is 0 Å². The minimum Gasteiger partial charge on any atom is -0.438 e. The van der Waals surface area contributed by atoms with Gasteiger partial charge in [0.1, 0.15) is 22.9 Å². The number of alkyl halides is 2. The molecule has 2 fully saturated rings. The molecule has 1 saturated carbocycles. The van der Waals surface area contributed by atoms with Gasteiger partial charge in [0.2, 0.25) is 11.8 Å². The van der Waals surface area contributed by atoms with Gasteiger partial charge in [0.15, 0.2) is 5.78 Å². The number of benzene rings is 1. The van der Waals surface area contributed by atoms with Crippen molar-refractivity contribution in [3.8, 4) is 17.7 Å². The molecule has 32 heavy (non-hydrogen) atoms. The third-order valence-electron chi connectivity index (χ3n) is 5.67. The van der Waals surface area contributed by atoms with Crippen molar-refractivity contribution in [1.29, 1.82) is 5.26 Å². The molecule has 2 aromatic rings. The second kappa shape index (κ2) is 8.00. The van der Waals surface area contributed by atoms with Gasteiger partial charge in [-0.3, -0.25) is 14.5 Å². The van der Waals surface area contributed by atoms with Gasteiger partial charge < -0.3 is 10.1 Å². The van der Waals surface area contributed by atoms with E-state index in [0.29, 0.717) is 5.75 Å². The number of ether oxygens (including phenoxy) is 1. The summed E-state index contributed by atoms with van der Waals surface area (Å²) < 4.78 is 32.5. The summed E-state index contributed by atoms with van der Waals surface area (Å²) in [5.41, 5.74) is -0.881. The van der Waals surface area contributed by atoms with Crippen molar-refractivity contribution in [2.24, 2.45) is 0 Å². The van der Waals surface area contributed by atoms with Crippen LogP contribution in [0.1, 0.15) is 41.6 Å². The summed E-state index contributed by atoms with van der Waals surface area (Å²) in [5, 5.41) is 11.6. The third kappa shape index (κ3) is 4.01. The number of hydrogen-bond donors (Lipinski definition) is 1. The van der Waals surface area contributed by atoms with E-state index in [0.717, 1.165) is 4.90 Å². The summed E-state index contributed by atoms with van der Waals surface area (Å²) in [6, 6.07) is 10.3. The van der Waals surface area contributed by atoms with E-state index in [1.807, 2.05) is 6.07 Å². The number of urea groups is 1. The Morgan fingerprint density at radius 2 is 1.84 bits per heavy atom. The van der Waals surface area contributed by atoms with Crippen LogP contribution in [0.5, 0.6) is 11.6 Å². The third-order valence-corrected chi connectivity index (χ3v) is 5.67. The fourth-order valence-corrected chi connectivity index (χ4v) is 3.81. The fourth-order valence-electron chi connectivity index (χ4n) is 3.81. The molecule has 0 atom stereocenters. The lowest BCUT2D eigenvalue weighted by Crippen LogP contribution is -2.51. The Labute approximate surface area is 181 Å². The number of amides is 3. The van der Waals surface area contributed by atoms with Gasteiger partial charge in [-0.25, -0.2) is 18.6 Å². The maximum absolute atomic E-state index is 13.5. The van der Waals surface area contributed by atoms with Crippen LogP contribution in [0.3, 0.4) is 0 Å². The molecule has 1 aromatic heterocycles. The maximum Gasteiger partial charge on any atom is 0.325 e. The molecule has 1 aliphatic carbocycles. The number of Topliss-reactive ketones (excluding diaryl/α,β-unsaturated/α-hetero) is 1. The monoisotopic (exact) mass is 440 g/mol. The summed E-state index contributed by atoms with van der Waals surface area (Å²) >= 11 is 0. The number of halogens is 2. The first-order valence-electron chi connectivity index (χ1n) is 9.91. The molecular weight excluding hydrogens is 422 g/mol. The quantitative estimate of drug-likeness (QED) is 0.563. The molecule has 0 radical (unpaired) electrons. The summed E-state index contributed by atoms with van der Waals surface area (Å²) in [6.45, 7) is -0.498. The van der Waals surface area contributed by atoms with Crippen molar-refractivity contribution in [3.05, 3.63) is 53.7 Å². The summed E-state index contributed by atoms with van der Waals surface area (Å²) in [7, 11) is 0. The predicted molar refractivity (Wildman–Crippen MR) is 106 cm³/mol. The molecule has 2 heterocycles.